The number of nitrogens with two attached hydrogens (primary N) is 1. The van der Waals surface area contributed by atoms with Crippen LogP contribution in [0.5, 0.6) is 5.75 Å². The van der Waals surface area contributed by atoms with Crippen LogP contribution in [0.4, 0.5) is 4.79 Å². The highest BCUT2D eigenvalue weighted by Gasteiger charge is 2.20. The number of primary amides is 1. The molecule has 0 aliphatic heterocycles. The van der Waals surface area contributed by atoms with Gasteiger partial charge >= 0.3 is 16.1 Å². The Morgan fingerprint density at radius 1 is 1.38 bits per heavy atom. The molecule has 16 heavy (non-hydrogen) atoms. The fraction of sp³-hybridized carbons (Fsp3) is 0.125. The highest BCUT2D eigenvalue weighted by molar-refractivity contribution is 7.86. The van der Waals surface area contributed by atoms with Gasteiger partial charge in [-0.25, -0.2) is 4.79 Å². The molecular formula is C8H10N2O5S. The molecule has 0 atom stereocenters. The Morgan fingerprint density at radius 2 is 2.00 bits per heavy atom. The first-order valence-corrected chi connectivity index (χ1v) is 5.50. The van der Waals surface area contributed by atoms with E-state index in [1.54, 1.807) is 6.07 Å². The van der Waals surface area contributed by atoms with E-state index in [0.717, 1.165) is 0 Å². The first kappa shape index (κ1) is 12.3. The summed E-state index contributed by atoms with van der Waals surface area (Å²) in [4.78, 5) is 10.1. The molecule has 0 radical (unpaired) electrons. The lowest BCUT2D eigenvalue weighted by Gasteiger charge is -2.08. The summed E-state index contributed by atoms with van der Waals surface area (Å²) in [7, 11) is -2.82. The molecule has 1 aromatic rings. The van der Waals surface area contributed by atoms with Crippen LogP contribution in [0, 0.1) is 0 Å². The summed E-state index contributed by atoms with van der Waals surface area (Å²) in [6.07, 6.45) is 0. The van der Waals surface area contributed by atoms with E-state index >= 15 is 0 Å². The summed E-state index contributed by atoms with van der Waals surface area (Å²) in [5.74, 6) is 0.105. The summed E-state index contributed by atoms with van der Waals surface area (Å²) < 4.78 is 32.1. The fourth-order valence-electron chi connectivity index (χ4n) is 0.966. The van der Waals surface area contributed by atoms with E-state index in [9.17, 15) is 13.2 Å². The number of para-hydroxylation sites is 1. The molecule has 0 saturated heterocycles. The number of hydrogen-bond donors (Lipinski definition) is 2. The van der Waals surface area contributed by atoms with Crippen LogP contribution in [0.25, 0.3) is 0 Å². The van der Waals surface area contributed by atoms with Crippen LogP contribution in [0.3, 0.4) is 0 Å². The van der Waals surface area contributed by atoms with Crippen LogP contribution in [0.2, 0.25) is 0 Å². The van der Waals surface area contributed by atoms with Crippen LogP contribution in [0.15, 0.2) is 29.2 Å². The number of hydrogen-bond acceptors (Lipinski definition) is 5. The number of ether oxygens (including phenoxy) is 1. The standard InChI is InChI=1S/C8H10N2O5S/c1-14-6-4-2-3-5-7(6)16(12,13)15-10-8(9)11/h2-5H,1H3,(H3,9,10,11). The predicted molar refractivity (Wildman–Crippen MR) is 54.0 cm³/mol. The van der Waals surface area contributed by atoms with Crippen molar-refractivity contribution >= 4 is 16.1 Å². The van der Waals surface area contributed by atoms with Gasteiger partial charge in [-0.1, -0.05) is 12.1 Å². The van der Waals surface area contributed by atoms with Crippen LogP contribution in [-0.2, 0) is 14.4 Å². The molecule has 88 valence electrons. The normalized spacial score (nSPS) is 10.8. The van der Waals surface area contributed by atoms with E-state index in [1.165, 1.54) is 30.8 Å². The van der Waals surface area contributed by atoms with Gasteiger partial charge in [0, 0.05) is 0 Å². The number of rotatable bonds is 4. The van der Waals surface area contributed by atoms with Crippen molar-refractivity contribution in [2.45, 2.75) is 4.90 Å². The lowest BCUT2D eigenvalue weighted by molar-refractivity contribution is 0.189. The number of carbonyl (C=O) groups is 1. The zero-order valence-electron chi connectivity index (χ0n) is 8.34. The van der Waals surface area contributed by atoms with Crippen molar-refractivity contribution in [1.82, 2.24) is 5.48 Å². The third kappa shape index (κ3) is 2.84. The molecular weight excluding hydrogens is 236 g/mol. The van der Waals surface area contributed by atoms with E-state index in [-0.39, 0.29) is 10.6 Å². The van der Waals surface area contributed by atoms with Gasteiger partial charge in [0.05, 0.1) is 7.11 Å². The quantitative estimate of drug-likeness (QED) is 0.726. The van der Waals surface area contributed by atoms with E-state index in [1.807, 2.05) is 0 Å². The molecule has 0 heterocycles. The molecule has 0 saturated carbocycles. The molecule has 1 rings (SSSR count). The smallest absolute Gasteiger partial charge is 0.337 e. The lowest BCUT2D eigenvalue weighted by Crippen LogP contribution is -2.32. The van der Waals surface area contributed by atoms with Crippen molar-refractivity contribution in [2.24, 2.45) is 5.73 Å². The minimum atomic E-state index is -4.14. The molecule has 8 heteroatoms. The van der Waals surface area contributed by atoms with Crippen molar-refractivity contribution in [2.75, 3.05) is 7.11 Å². The Balaban J connectivity index is 3.02. The molecule has 0 aromatic heterocycles. The molecule has 7 nitrogen and oxygen atoms in total. The average molecular weight is 246 g/mol. The fourth-order valence-corrected chi connectivity index (χ4v) is 1.89. The Morgan fingerprint density at radius 3 is 2.56 bits per heavy atom. The monoisotopic (exact) mass is 246 g/mol. The number of urea groups is 1. The van der Waals surface area contributed by atoms with E-state index < -0.39 is 16.1 Å². The first-order chi connectivity index (χ1) is 7.47. The Bertz CT molecular complexity index is 485. The molecule has 2 amide bonds. The van der Waals surface area contributed by atoms with Gasteiger partial charge in [-0.3, -0.25) is 0 Å². The van der Waals surface area contributed by atoms with Gasteiger partial charge in [-0.05, 0) is 12.1 Å². The molecule has 0 unspecified atom stereocenters. The molecule has 3 N–H and O–H groups in total. The minimum Gasteiger partial charge on any atom is -0.495 e. The van der Waals surface area contributed by atoms with Crippen molar-refractivity contribution in [3.63, 3.8) is 0 Å². The highest BCUT2D eigenvalue weighted by atomic mass is 32.2. The topological polar surface area (TPSA) is 108 Å². The molecule has 1 aromatic carbocycles. The van der Waals surface area contributed by atoms with Crippen LogP contribution >= 0.6 is 0 Å². The van der Waals surface area contributed by atoms with Gasteiger partial charge in [0.2, 0.25) is 0 Å². The van der Waals surface area contributed by atoms with E-state index in [4.69, 9.17) is 4.74 Å². The number of nitrogens with one attached hydrogen (secondary N) is 1. The summed E-state index contributed by atoms with van der Waals surface area (Å²) in [6.45, 7) is 0. The minimum absolute atomic E-state index is 0.105. The van der Waals surface area contributed by atoms with E-state index in [0.29, 0.717) is 0 Å². The van der Waals surface area contributed by atoms with Crippen molar-refractivity contribution in [1.29, 1.82) is 0 Å². The maximum atomic E-state index is 11.5. The second kappa shape index (κ2) is 4.81. The predicted octanol–water partition coefficient (Wildman–Crippen LogP) is -0.0162. The summed E-state index contributed by atoms with van der Waals surface area (Å²) in [5.41, 5.74) is 6.21. The van der Waals surface area contributed by atoms with Crippen LogP contribution < -0.4 is 16.0 Å². The molecule has 0 aliphatic rings. The SMILES string of the molecule is COc1ccccc1S(=O)(=O)ONC(N)=O. The van der Waals surface area contributed by atoms with Gasteiger partial charge in [0.1, 0.15) is 10.6 Å². The Labute approximate surface area is 92.2 Å². The third-order valence-electron chi connectivity index (χ3n) is 1.59. The van der Waals surface area contributed by atoms with Gasteiger partial charge in [-0.15, -0.1) is 4.28 Å². The third-order valence-corrected chi connectivity index (χ3v) is 2.77. The number of benzene rings is 1. The molecule has 0 bridgehead atoms. The Hall–Kier alpha value is -1.80. The zero-order valence-corrected chi connectivity index (χ0v) is 9.15. The molecule has 0 spiro atoms. The largest absolute Gasteiger partial charge is 0.495 e. The maximum Gasteiger partial charge on any atom is 0.337 e. The van der Waals surface area contributed by atoms with Gasteiger partial charge in [0.15, 0.2) is 0 Å². The number of carbonyl (C=O) groups excluding carboxylic acids is 1. The maximum absolute atomic E-state index is 11.5. The average Bonchev–Trinajstić information content (AvgIpc) is 2.26. The number of hydroxylamine groups is 1. The first-order valence-electron chi connectivity index (χ1n) is 4.09. The van der Waals surface area contributed by atoms with Crippen molar-refractivity contribution in [3.05, 3.63) is 24.3 Å². The van der Waals surface area contributed by atoms with Crippen molar-refractivity contribution in [3.8, 4) is 5.75 Å². The van der Waals surface area contributed by atoms with Gasteiger partial charge in [-0.2, -0.15) is 13.9 Å². The van der Waals surface area contributed by atoms with Crippen molar-refractivity contribution < 1.29 is 22.2 Å². The van der Waals surface area contributed by atoms with Crippen LogP contribution in [0.1, 0.15) is 0 Å². The Kier molecular flexibility index (Phi) is 3.69. The van der Waals surface area contributed by atoms with E-state index in [2.05, 4.69) is 10.0 Å². The summed E-state index contributed by atoms with van der Waals surface area (Å²) in [5, 5.41) is 0. The highest BCUT2D eigenvalue weighted by Crippen LogP contribution is 2.23. The van der Waals surface area contributed by atoms with Gasteiger partial charge in [0.25, 0.3) is 0 Å². The molecule has 0 aliphatic carbocycles. The molecule has 0 fully saturated rings. The van der Waals surface area contributed by atoms with Gasteiger partial charge < -0.3 is 10.5 Å². The summed E-state index contributed by atoms with van der Waals surface area (Å²) in [6, 6.07) is 4.69. The summed E-state index contributed by atoms with van der Waals surface area (Å²) >= 11 is 0. The number of methoxy groups -OCH3 is 1. The van der Waals surface area contributed by atoms with Crippen LogP contribution in [-0.4, -0.2) is 21.6 Å². The number of amides is 2. The second-order valence-electron chi connectivity index (χ2n) is 2.65. The zero-order chi connectivity index (χ0) is 12.2. The lowest BCUT2D eigenvalue weighted by atomic mass is 10.3. The second-order valence-corrected chi connectivity index (χ2v) is 4.17.